The normalized spacial score (nSPS) is 20.4. The van der Waals surface area contributed by atoms with E-state index >= 15 is 0 Å². The van der Waals surface area contributed by atoms with Crippen molar-refractivity contribution in [2.75, 3.05) is 0 Å². The number of carbonyl (C=O) groups is 2. The lowest BCUT2D eigenvalue weighted by Crippen LogP contribution is -2.20. The van der Waals surface area contributed by atoms with Crippen molar-refractivity contribution in [1.29, 1.82) is 0 Å². The van der Waals surface area contributed by atoms with Crippen LogP contribution in [0.1, 0.15) is 64.7 Å². The number of unbranched alkanes of at least 4 members (excludes halogenated alkanes) is 7. The fourth-order valence-electron chi connectivity index (χ4n) is 3.06. The number of thioether (sulfide) groups is 1. The van der Waals surface area contributed by atoms with E-state index in [9.17, 15) is 9.59 Å². The zero-order chi connectivity index (χ0) is 17.2. The summed E-state index contributed by atoms with van der Waals surface area (Å²) in [7, 11) is 0. The molecular weight excluding hydrogens is 320 g/mol. The van der Waals surface area contributed by atoms with Crippen molar-refractivity contribution in [3.05, 3.63) is 30.3 Å². The van der Waals surface area contributed by atoms with Crippen molar-refractivity contribution >= 4 is 23.7 Å². The molecule has 0 radical (unpaired) electrons. The standard InChI is InChI=1S/C20H28O3S/c1-2-3-4-5-6-7-8-12-15-17-18(20(22)23-19(17)21)24-16-13-10-9-11-14-16/h9-11,13-14,17-18H,2-8,12,15H2,1H3/t17-,18-/m0/s1. The first-order valence-electron chi connectivity index (χ1n) is 9.19. The van der Waals surface area contributed by atoms with Gasteiger partial charge in [-0.05, 0) is 18.6 Å². The molecule has 0 N–H and O–H groups in total. The Morgan fingerprint density at radius 3 is 2.17 bits per heavy atom. The largest absolute Gasteiger partial charge is 0.392 e. The molecule has 0 bridgehead atoms. The van der Waals surface area contributed by atoms with Gasteiger partial charge in [-0.2, -0.15) is 0 Å². The third-order valence-corrected chi connectivity index (χ3v) is 5.80. The highest BCUT2D eigenvalue weighted by molar-refractivity contribution is 8.00. The molecule has 2 rings (SSSR count). The quantitative estimate of drug-likeness (QED) is 0.306. The predicted molar refractivity (Wildman–Crippen MR) is 97.9 cm³/mol. The lowest BCUT2D eigenvalue weighted by atomic mass is 9.98. The third-order valence-electron chi connectivity index (χ3n) is 4.48. The van der Waals surface area contributed by atoms with E-state index in [4.69, 9.17) is 4.74 Å². The molecule has 1 aliphatic rings. The first kappa shape index (κ1) is 19.0. The number of ether oxygens (including phenoxy) is 1. The predicted octanol–water partition coefficient (Wildman–Crippen LogP) is 5.38. The summed E-state index contributed by atoms with van der Waals surface area (Å²) < 4.78 is 4.88. The highest BCUT2D eigenvalue weighted by atomic mass is 32.2. The average molecular weight is 349 g/mol. The maximum Gasteiger partial charge on any atom is 0.327 e. The molecule has 0 aromatic heterocycles. The van der Waals surface area contributed by atoms with Crippen molar-refractivity contribution in [1.82, 2.24) is 0 Å². The van der Waals surface area contributed by atoms with Crippen LogP contribution in [0, 0.1) is 5.92 Å². The van der Waals surface area contributed by atoms with Crippen molar-refractivity contribution in [3.8, 4) is 0 Å². The Labute approximate surface area is 149 Å². The Kier molecular flexibility index (Phi) is 8.37. The number of rotatable bonds is 11. The molecule has 1 aromatic rings. The van der Waals surface area contributed by atoms with E-state index in [1.807, 2.05) is 30.3 Å². The lowest BCUT2D eigenvalue weighted by Gasteiger charge is -2.13. The van der Waals surface area contributed by atoms with Crippen LogP contribution >= 0.6 is 11.8 Å². The lowest BCUT2D eigenvalue weighted by molar-refractivity contribution is -0.153. The van der Waals surface area contributed by atoms with Crippen molar-refractivity contribution in [3.63, 3.8) is 0 Å². The van der Waals surface area contributed by atoms with Gasteiger partial charge in [-0.15, -0.1) is 11.8 Å². The summed E-state index contributed by atoms with van der Waals surface area (Å²) in [5.74, 6) is -1.00. The van der Waals surface area contributed by atoms with E-state index < -0.39 is 0 Å². The van der Waals surface area contributed by atoms with Gasteiger partial charge in [-0.25, -0.2) is 0 Å². The first-order valence-corrected chi connectivity index (χ1v) is 10.1. The third kappa shape index (κ3) is 5.97. The fourth-order valence-corrected chi connectivity index (χ4v) is 4.23. The Balaban J connectivity index is 1.73. The topological polar surface area (TPSA) is 43.4 Å². The van der Waals surface area contributed by atoms with Gasteiger partial charge in [0.05, 0.1) is 5.92 Å². The molecule has 1 fully saturated rings. The zero-order valence-corrected chi connectivity index (χ0v) is 15.4. The number of esters is 2. The maximum atomic E-state index is 12.0. The van der Waals surface area contributed by atoms with Gasteiger partial charge in [0.2, 0.25) is 0 Å². The summed E-state index contributed by atoms with van der Waals surface area (Å²) in [6.45, 7) is 2.23. The van der Waals surface area contributed by atoms with Gasteiger partial charge < -0.3 is 4.74 Å². The van der Waals surface area contributed by atoms with Gasteiger partial charge in [0.1, 0.15) is 5.25 Å². The average Bonchev–Trinajstić information content (AvgIpc) is 2.85. The van der Waals surface area contributed by atoms with E-state index in [-0.39, 0.29) is 23.1 Å². The van der Waals surface area contributed by atoms with Gasteiger partial charge in [0.15, 0.2) is 0 Å². The number of carbonyl (C=O) groups excluding carboxylic acids is 2. The van der Waals surface area contributed by atoms with E-state index in [0.717, 1.165) is 24.2 Å². The molecule has 132 valence electrons. The van der Waals surface area contributed by atoms with Crippen LogP contribution in [-0.2, 0) is 14.3 Å². The number of cyclic esters (lactones) is 2. The van der Waals surface area contributed by atoms with E-state index in [1.54, 1.807) is 0 Å². The van der Waals surface area contributed by atoms with E-state index in [2.05, 4.69) is 6.92 Å². The monoisotopic (exact) mass is 348 g/mol. The van der Waals surface area contributed by atoms with Crippen LogP contribution in [0.25, 0.3) is 0 Å². The van der Waals surface area contributed by atoms with Gasteiger partial charge in [0, 0.05) is 4.90 Å². The molecular formula is C20H28O3S. The maximum absolute atomic E-state index is 12.0. The molecule has 24 heavy (non-hydrogen) atoms. The summed E-state index contributed by atoms with van der Waals surface area (Å²) in [4.78, 5) is 24.9. The van der Waals surface area contributed by atoms with Crippen LogP contribution in [0.15, 0.2) is 35.2 Å². The summed E-state index contributed by atoms with van der Waals surface area (Å²) in [5.41, 5.74) is 0. The second-order valence-electron chi connectivity index (χ2n) is 6.46. The van der Waals surface area contributed by atoms with Crippen LogP contribution in [0.2, 0.25) is 0 Å². The number of hydrogen-bond donors (Lipinski definition) is 0. The minimum Gasteiger partial charge on any atom is -0.392 e. The van der Waals surface area contributed by atoms with Crippen LogP contribution < -0.4 is 0 Å². The Hall–Kier alpha value is -1.29. The molecule has 2 atom stereocenters. The second-order valence-corrected chi connectivity index (χ2v) is 7.68. The minimum absolute atomic E-state index is 0.289. The zero-order valence-electron chi connectivity index (χ0n) is 14.5. The second kappa shape index (κ2) is 10.5. The molecule has 3 nitrogen and oxygen atoms in total. The van der Waals surface area contributed by atoms with E-state index in [1.165, 1.54) is 50.3 Å². The summed E-state index contributed by atoms with van der Waals surface area (Å²) in [6, 6.07) is 9.76. The van der Waals surface area contributed by atoms with Crippen molar-refractivity contribution in [2.45, 2.75) is 74.9 Å². The molecule has 0 saturated carbocycles. The summed E-state index contributed by atoms with van der Waals surface area (Å²) >= 11 is 1.45. The number of benzene rings is 1. The number of hydrogen-bond acceptors (Lipinski definition) is 4. The van der Waals surface area contributed by atoms with Gasteiger partial charge in [-0.3, -0.25) is 9.59 Å². The van der Waals surface area contributed by atoms with Crippen LogP contribution in [0.3, 0.4) is 0 Å². The van der Waals surface area contributed by atoms with Gasteiger partial charge in [0.25, 0.3) is 0 Å². The minimum atomic E-state index is -0.385. The summed E-state index contributed by atoms with van der Waals surface area (Å²) in [6.07, 6.45) is 10.6. The SMILES string of the molecule is CCCCCCCCCC[C@@H]1C(=O)OC(=O)[C@H]1Sc1ccccc1. The molecule has 0 amide bonds. The molecule has 1 aliphatic heterocycles. The Morgan fingerprint density at radius 2 is 1.50 bits per heavy atom. The molecule has 0 aliphatic carbocycles. The van der Waals surface area contributed by atoms with Crippen molar-refractivity contribution < 1.29 is 14.3 Å². The highest BCUT2D eigenvalue weighted by Gasteiger charge is 2.44. The smallest absolute Gasteiger partial charge is 0.327 e. The molecule has 0 spiro atoms. The van der Waals surface area contributed by atoms with Crippen LogP contribution in [0.5, 0.6) is 0 Å². The molecule has 0 unspecified atom stereocenters. The van der Waals surface area contributed by atoms with Gasteiger partial charge >= 0.3 is 11.9 Å². The van der Waals surface area contributed by atoms with Crippen LogP contribution in [-0.4, -0.2) is 17.2 Å². The van der Waals surface area contributed by atoms with Gasteiger partial charge in [-0.1, -0.05) is 76.5 Å². The first-order chi connectivity index (χ1) is 11.7. The van der Waals surface area contributed by atoms with Crippen molar-refractivity contribution in [2.24, 2.45) is 5.92 Å². The van der Waals surface area contributed by atoms with Crippen LogP contribution in [0.4, 0.5) is 0 Å². The molecule has 1 heterocycles. The molecule has 1 aromatic carbocycles. The molecule has 4 heteroatoms. The Morgan fingerprint density at radius 1 is 0.875 bits per heavy atom. The van der Waals surface area contributed by atoms with E-state index in [0.29, 0.717) is 0 Å². The highest BCUT2D eigenvalue weighted by Crippen LogP contribution is 2.36. The molecule has 1 saturated heterocycles. The summed E-state index contributed by atoms with van der Waals surface area (Å²) in [5, 5.41) is -0.385. The fraction of sp³-hybridized carbons (Fsp3) is 0.600. The Bertz CT molecular complexity index is 515.